The van der Waals surface area contributed by atoms with Crippen LogP contribution in [0.3, 0.4) is 0 Å². The third-order valence-corrected chi connectivity index (χ3v) is 4.22. The Morgan fingerprint density at radius 1 is 1.04 bits per heavy atom. The zero-order valence-corrected chi connectivity index (χ0v) is 14.3. The summed E-state index contributed by atoms with van der Waals surface area (Å²) in [5, 5.41) is 5.12. The van der Waals surface area contributed by atoms with E-state index in [4.69, 9.17) is 0 Å². The number of benzene rings is 2. The van der Waals surface area contributed by atoms with Gasteiger partial charge in [0.05, 0.1) is 5.57 Å². The van der Waals surface area contributed by atoms with Crippen molar-refractivity contribution in [2.75, 3.05) is 5.32 Å². The second kappa shape index (κ2) is 6.11. The van der Waals surface area contributed by atoms with E-state index in [2.05, 4.69) is 33.2 Å². The number of hydrogen-bond donors (Lipinski definition) is 2. The molecule has 0 bridgehead atoms. The molecule has 0 aromatic heterocycles. The number of amides is 2. The molecule has 2 aromatic rings. The number of aryl methyl sites for hydroxylation is 1. The molecule has 0 unspecified atom stereocenters. The van der Waals surface area contributed by atoms with Crippen LogP contribution in [-0.4, -0.2) is 11.8 Å². The van der Waals surface area contributed by atoms with Crippen LogP contribution in [0, 0.1) is 16.3 Å². The number of rotatable bonds is 3. The van der Waals surface area contributed by atoms with Gasteiger partial charge in [-0.05, 0) is 64.9 Å². The molecule has 2 aromatic carbocycles. The van der Waals surface area contributed by atoms with Crippen LogP contribution in [0.5, 0.6) is 0 Å². The molecule has 6 heteroatoms. The topological polar surface area (TPSA) is 58.2 Å². The largest absolute Gasteiger partial charge is 0.350 e. The molecule has 0 atom stereocenters. The normalized spacial score (nSPS) is 14.2. The highest BCUT2D eigenvalue weighted by molar-refractivity contribution is 14.1. The average molecular weight is 422 g/mol. The highest BCUT2D eigenvalue weighted by Crippen LogP contribution is 2.26. The summed E-state index contributed by atoms with van der Waals surface area (Å²) in [5.74, 6) is -1.37. The Balaban J connectivity index is 2.04. The average Bonchev–Trinajstić information content (AvgIpc) is 2.78. The molecule has 4 nitrogen and oxygen atoms in total. The smallest absolute Gasteiger partial charge is 0.275 e. The van der Waals surface area contributed by atoms with Gasteiger partial charge in [0.15, 0.2) is 0 Å². The van der Waals surface area contributed by atoms with Crippen molar-refractivity contribution in [1.82, 2.24) is 5.32 Å². The van der Waals surface area contributed by atoms with E-state index in [1.165, 1.54) is 6.07 Å². The van der Waals surface area contributed by atoms with Crippen LogP contribution in [0.2, 0.25) is 0 Å². The van der Waals surface area contributed by atoms with E-state index in [0.29, 0.717) is 16.8 Å². The predicted molar refractivity (Wildman–Crippen MR) is 94.0 cm³/mol. The van der Waals surface area contributed by atoms with Crippen molar-refractivity contribution in [2.24, 2.45) is 0 Å². The summed E-state index contributed by atoms with van der Waals surface area (Å²) in [6.45, 7) is 1.65. The van der Waals surface area contributed by atoms with E-state index in [1.807, 2.05) is 12.1 Å². The molecule has 0 saturated carbocycles. The minimum absolute atomic E-state index is 0.125. The molecule has 116 valence electrons. The van der Waals surface area contributed by atoms with Gasteiger partial charge >= 0.3 is 0 Å². The van der Waals surface area contributed by atoms with Gasteiger partial charge in [0.2, 0.25) is 0 Å². The minimum Gasteiger partial charge on any atom is -0.350 e. The maximum Gasteiger partial charge on any atom is 0.275 e. The van der Waals surface area contributed by atoms with Gasteiger partial charge in [0.25, 0.3) is 11.8 Å². The van der Waals surface area contributed by atoms with Crippen molar-refractivity contribution in [2.45, 2.75) is 6.92 Å². The second-order valence-corrected chi connectivity index (χ2v) is 6.37. The Morgan fingerprint density at radius 2 is 1.74 bits per heavy atom. The third kappa shape index (κ3) is 3.12. The SMILES string of the molecule is Cc1ccc(NC2=C(c3ccc(I)cc3)C(=O)NC2=O)cc1F. The molecule has 2 N–H and O–H groups in total. The lowest BCUT2D eigenvalue weighted by Gasteiger charge is -2.09. The number of nitrogens with one attached hydrogen (secondary N) is 2. The van der Waals surface area contributed by atoms with Gasteiger partial charge in [0, 0.05) is 9.26 Å². The Kier molecular flexibility index (Phi) is 4.16. The first-order valence-corrected chi connectivity index (χ1v) is 7.92. The van der Waals surface area contributed by atoms with E-state index in [1.54, 1.807) is 31.2 Å². The molecular weight excluding hydrogens is 410 g/mol. The monoisotopic (exact) mass is 422 g/mol. The van der Waals surface area contributed by atoms with Crippen molar-refractivity contribution < 1.29 is 14.0 Å². The molecule has 1 aliphatic heterocycles. The lowest BCUT2D eigenvalue weighted by Crippen LogP contribution is -2.24. The fraction of sp³-hybridized carbons (Fsp3) is 0.0588. The van der Waals surface area contributed by atoms with Crippen LogP contribution in [0.15, 0.2) is 48.2 Å². The van der Waals surface area contributed by atoms with E-state index in [9.17, 15) is 14.0 Å². The number of halogens is 2. The van der Waals surface area contributed by atoms with Crippen LogP contribution >= 0.6 is 22.6 Å². The van der Waals surface area contributed by atoms with Crippen LogP contribution in [-0.2, 0) is 9.59 Å². The summed E-state index contributed by atoms with van der Waals surface area (Å²) >= 11 is 2.16. The summed E-state index contributed by atoms with van der Waals surface area (Å²) in [5.41, 5.74) is 1.93. The van der Waals surface area contributed by atoms with Gasteiger partial charge in [-0.1, -0.05) is 18.2 Å². The fourth-order valence-electron chi connectivity index (χ4n) is 2.28. The molecule has 0 fully saturated rings. The van der Waals surface area contributed by atoms with Crippen molar-refractivity contribution in [3.8, 4) is 0 Å². The van der Waals surface area contributed by atoms with Crippen molar-refractivity contribution >= 4 is 45.7 Å². The van der Waals surface area contributed by atoms with E-state index in [0.717, 1.165) is 3.57 Å². The van der Waals surface area contributed by atoms with Crippen molar-refractivity contribution in [3.05, 3.63) is 68.7 Å². The zero-order chi connectivity index (χ0) is 16.6. The highest BCUT2D eigenvalue weighted by atomic mass is 127. The Bertz CT molecular complexity index is 844. The first kappa shape index (κ1) is 15.7. The Hall–Kier alpha value is -2.22. The summed E-state index contributed by atoms with van der Waals surface area (Å²) in [7, 11) is 0. The summed E-state index contributed by atoms with van der Waals surface area (Å²) in [6, 6.07) is 11.8. The van der Waals surface area contributed by atoms with Crippen LogP contribution < -0.4 is 10.6 Å². The molecule has 0 radical (unpaired) electrons. The van der Waals surface area contributed by atoms with Gasteiger partial charge < -0.3 is 5.32 Å². The number of carbonyl (C=O) groups excluding carboxylic acids is 2. The first-order chi connectivity index (χ1) is 11.0. The lowest BCUT2D eigenvalue weighted by molar-refractivity contribution is -0.123. The summed E-state index contributed by atoms with van der Waals surface area (Å²) in [4.78, 5) is 24.1. The Labute approximate surface area is 145 Å². The maximum atomic E-state index is 13.7. The number of imide groups is 1. The summed E-state index contributed by atoms with van der Waals surface area (Å²) in [6.07, 6.45) is 0. The van der Waals surface area contributed by atoms with Crippen LogP contribution in [0.4, 0.5) is 10.1 Å². The molecule has 23 heavy (non-hydrogen) atoms. The van der Waals surface area contributed by atoms with E-state index < -0.39 is 11.8 Å². The Morgan fingerprint density at radius 3 is 2.39 bits per heavy atom. The minimum atomic E-state index is -0.524. The molecule has 0 saturated heterocycles. The standard InChI is InChI=1S/C17H12FIN2O2/c1-9-2-7-12(8-13(9)18)20-15-14(16(22)21-17(15)23)10-3-5-11(19)6-4-10/h2-8H,1H3,(H2,20,21,22,23). The molecule has 0 spiro atoms. The highest BCUT2D eigenvalue weighted by Gasteiger charge is 2.31. The van der Waals surface area contributed by atoms with Gasteiger partial charge in [-0.2, -0.15) is 0 Å². The second-order valence-electron chi connectivity index (χ2n) is 5.13. The predicted octanol–water partition coefficient (Wildman–Crippen LogP) is 3.22. The van der Waals surface area contributed by atoms with E-state index >= 15 is 0 Å². The zero-order valence-electron chi connectivity index (χ0n) is 12.1. The number of anilines is 1. The fourth-order valence-corrected chi connectivity index (χ4v) is 2.64. The van der Waals surface area contributed by atoms with Gasteiger partial charge in [-0.3, -0.25) is 14.9 Å². The maximum absolute atomic E-state index is 13.7. The van der Waals surface area contributed by atoms with Crippen LogP contribution in [0.1, 0.15) is 11.1 Å². The van der Waals surface area contributed by atoms with Gasteiger partial charge in [-0.15, -0.1) is 0 Å². The number of carbonyl (C=O) groups is 2. The summed E-state index contributed by atoms with van der Waals surface area (Å²) < 4.78 is 14.7. The van der Waals surface area contributed by atoms with Gasteiger partial charge in [0.1, 0.15) is 11.5 Å². The van der Waals surface area contributed by atoms with Crippen LogP contribution in [0.25, 0.3) is 5.57 Å². The van der Waals surface area contributed by atoms with Crippen molar-refractivity contribution in [1.29, 1.82) is 0 Å². The number of hydrogen-bond acceptors (Lipinski definition) is 3. The van der Waals surface area contributed by atoms with E-state index in [-0.39, 0.29) is 17.1 Å². The first-order valence-electron chi connectivity index (χ1n) is 6.85. The lowest BCUT2D eigenvalue weighted by atomic mass is 10.0. The molecule has 1 heterocycles. The van der Waals surface area contributed by atoms with Crippen molar-refractivity contribution in [3.63, 3.8) is 0 Å². The van der Waals surface area contributed by atoms with Gasteiger partial charge in [-0.25, -0.2) is 4.39 Å². The molecule has 0 aliphatic carbocycles. The molecular formula is C17H12FIN2O2. The molecule has 2 amide bonds. The quantitative estimate of drug-likeness (QED) is 0.590. The third-order valence-electron chi connectivity index (χ3n) is 3.51. The molecule has 1 aliphatic rings. The molecule has 3 rings (SSSR count).